The maximum absolute atomic E-state index is 13.1. The van der Waals surface area contributed by atoms with Crippen LogP contribution >= 0.6 is 0 Å². The standard InChI is InChI=1S/C28H39F3N4O4/c1-2-32-27(37)39-23-17-19(23)9-4-3-5-11-21-25(20-10-6-7-12-22(20)34-26(21)36)38-16-8-14-35-15-13-33-24(18-35)28(29,30)31/h6-7,10,12,19,23-24,33H,2-5,8-9,11,13-18H2,1H3,(H,32,37)(H,34,36). The van der Waals surface area contributed by atoms with Gasteiger partial charge in [-0.2, -0.15) is 13.2 Å². The Kier molecular flexibility index (Phi) is 10.1. The highest BCUT2D eigenvalue weighted by molar-refractivity contribution is 5.86. The van der Waals surface area contributed by atoms with Crippen molar-refractivity contribution in [1.82, 2.24) is 20.5 Å². The third kappa shape index (κ3) is 8.35. The summed E-state index contributed by atoms with van der Waals surface area (Å²) in [6.07, 6.45) is 1.19. The number of hydrogen-bond acceptors (Lipinski definition) is 6. The molecule has 1 aromatic heterocycles. The number of nitrogens with one attached hydrogen (secondary N) is 3. The minimum absolute atomic E-state index is 0.0143. The van der Waals surface area contributed by atoms with Crippen molar-refractivity contribution in [2.75, 3.05) is 39.3 Å². The van der Waals surface area contributed by atoms with Crippen molar-refractivity contribution in [2.45, 2.75) is 70.2 Å². The zero-order valence-corrected chi connectivity index (χ0v) is 22.4. The van der Waals surface area contributed by atoms with Crippen molar-refractivity contribution in [3.8, 4) is 5.75 Å². The molecule has 0 spiro atoms. The van der Waals surface area contributed by atoms with E-state index in [4.69, 9.17) is 9.47 Å². The first kappa shape index (κ1) is 29.2. The number of fused-ring (bicyclic) bond motifs is 1. The number of aromatic nitrogens is 1. The number of nitrogens with zero attached hydrogens (tertiary/aromatic N) is 1. The second-order valence-electron chi connectivity index (χ2n) is 10.4. The maximum atomic E-state index is 13.1. The number of halogens is 3. The van der Waals surface area contributed by atoms with Gasteiger partial charge in [0.2, 0.25) is 0 Å². The van der Waals surface area contributed by atoms with E-state index in [9.17, 15) is 22.8 Å². The molecule has 39 heavy (non-hydrogen) atoms. The van der Waals surface area contributed by atoms with Gasteiger partial charge in [-0.25, -0.2) is 4.79 Å². The molecule has 4 rings (SSSR count). The predicted molar refractivity (Wildman–Crippen MR) is 143 cm³/mol. The van der Waals surface area contributed by atoms with E-state index in [1.165, 1.54) is 0 Å². The van der Waals surface area contributed by atoms with Crippen molar-refractivity contribution >= 4 is 17.0 Å². The molecular weight excluding hydrogens is 513 g/mol. The molecule has 1 aliphatic heterocycles. The number of para-hydroxylation sites is 1. The fourth-order valence-corrected chi connectivity index (χ4v) is 5.22. The number of piperazine rings is 1. The van der Waals surface area contributed by atoms with Crippen LogP contribution in [0, 0.1) is 5.92 Å². The second-order valence-corrected chi connectivity index (χ2v) is 10.4. The Morgan fingerprint density at radius 3 is 2.79 bits per heavy atom. The molecule has 2 fully saturated rings. The lowest BCUT2D eigenvalue weighted by atomic mass is 10.0. The Bertz CT molecular complexity index is 1160. The number of benzene rings is 1. The van der Waals surface area contributed by atoms with Crippen LogP contribution in [0.2, 0.25) is 0 Å². The van der Waals surface area contributed by atoms with Gasteiger partial charge in [-0.15, -0.1) is 0 Å². The fourth-order valence-electron chi connectivity index (χ4n) is 5.22. The Hall–Kier alpha value is -2.79. The van der Waals surface area contributed by atoms with Crippen LogP contribution in [0.15, 0.2) is 29.1 Å². The molecule has 1 amide bonds. The molecule has 3 unspecified atom stereocenters. The summed E-state index contributed by atoms with van der Waals surface area (Å²) in [6, 6.07) is 5.99. The smallest absolute Gasteiger partial charge is 0.407 e. The van der Waals surface area contributed by atoms with Gasteiger partial charge in [0, 0.05) is 38.1 Å². The van der Waals surface area contributed by atoms with Gasteiger partial charge in [0.1, 0.15) is 17.9 Å². The van der Waals surface area contributed by atoms with Gasteiger partial charge in [0.15, 0.2) is 0 Å². The quantitative estimate of drug-likeness (QED) is 0.320. The van der Waals surface area contributed by atoms with Crippen molar-refractivity contribution in [3.63, 3.8) is 0 Å². The summed E-state index contributed by atoms with van der Waals surface area (Å²) in [5, 5.41) is 6.01. The summed E-state index contributed by atoms with van der Waals surface area (Å²) >= 11 is 0. The normalized spacial score (nSPS) is 21.6. The van der Waals surface area contributed by atoms with Crippen LogP contribution < -0.4 is 20.9 Å². The first-order valence-electron chi connectivity index (χ1n) is 14.0. The number of ether oxygens (including phenoxy) is 2. The monoisotopic (exact) mass is 552 g/mol. The third-order valence-electron chi connectivity index (χ3n) is 7.43. The lowest BCUT2D eigenvalue weighted by molar-refractivity contribution is -0.164. The van der Waals surface area contributed by atoms with Crippen LogP contribution in [0.3, 0.4) is 0 Å². The Balaban J connectivity index is 1.27. The van der Waals surface area contributed by atoms with Gasteiger partial charge in [-0.1, -0.05) is 25.0 Å². The van der Waals surface area contributed by atoms with Gasteiger partial charge in [-0.05, 0) is 57.1 Å². The number of aromatic amines is 1. The van der Waals surface area contributed by atoms with E-state index in [1.54, 1.807) is 4.90 Å². The first-order valence-corrected chi connectivity index (χ1v) is 14.0. The van der Waals surface area contributed by atoms with Crippen LogP contribution in [0.5, 0.6) is 5.75 Å². The number of pyridine rings is 1. The van der Waals surface area contributed by atoms with Crippen LogP contribution in [0.25, 0.3) is 10.9 Å². The topological polar surface area (TPSA) is 95.7 Å². The van der Waals surface area contributed by atoms with E-state index in [0.717, 1.165) is 37.5 Å². The highest BCUT2D eigenvalue weighted by atomic mass is 19.4. The van der Waals surface area contributed by atoms with Gasteiger partial charge in [-0.3, -0.25) is 4.79 Å². The summed E-state index contributed by atoms with van der Waals surface area (Å²) in [7, 11) is 0. The maximum Gasteiger partial charge on any atom is 0.407 e. The largest absolute Gasteiger partial charge is 0.492 e. The molecular formula is C28H39F3N4O4. The fraction of sp³-hybridized carbons (Fsp3) is 0.643. The molecule has 1 aliphatic carbocycles. The molecule has 1 aromatic carbocycles. The van der Waals surface area contributed by atoms with E-state index in [1.807, 2.05) is 31.2 Å². The molecule has 2 heterocycles. The molecule has 8 nitrogen and oxygen atoms in total. The number of alkyl halides is 3. The molecule has 1 saturated carbocycles. The van der Waals surface area contributed by atoms with E-state index < -0.39 is 12.2 Å². The zero-order chi connectivity index (χ0) is 27.8. The Morgan fingerprint density at radius 1 is 1.18 bits per heavy atom. The molecule has 2 aromatic rings. The van der Waals surface area contributed by atoms with Crippen LogP contribution in [0.1, 0.15) is 51.0 Å². The SMILES string of the molecule is CCNC(=O)OC1CC1CCCCCc1c(OCCCN2CCNC(C(F)(F)F)C2)c2ccccc2[nH]c1=O. The van der Waals surface area contributed by atoms with E-state index in [2.05, 4.69) is 15.6 Å². The van der Waals surface area contributed by atoms with Crippen LogP contribution in [-0.4, -0.2) is 73.6 Å². The lowest BCUT2D eigenvalue weighted by Crippen LogP contribution is -2.57. The van der Waals surface area contributed by atoms with Gasteiger partial charge >= 0.3 is 12.3 Å². The molecule has 0 bridgehead atoms. The van der Waals surface area contributed by atoms with Crippen LogP contribution in [-0.2, 0) is 11.2 Å². The highest BCUT2D eigenvalue weighted by Gasteiger charge is 2.42. The summed E-state index contributed by atoms with van der Waals surface area (Å²) in [5.41, 5.74) is 1.14. The molecule has 1 saturated heterocycles. The van der Waals surface area contributed by atoms with E-state index >= 15 is 0 Å². The van der Waals surface area contributed by atoms with E-state index in [0.29, 0.717) is 68.4 Å². The first-order chi connectivity index (χ1) is 18.8. The molecule has 0 radical (unpaired) electrons. The Morgan fingerprint density at radius 2 is 2.00 bits per heavy atom. The minimum atomic E-state index is -4.26. The van der Waals surface area contributed by atoms with Gasteiger partial charge < -0.3 is 30.0 Å². The second kappa shape index (κ2) is 13.5. The van der Waals surface area contributed by atoms with Gasteiger partial charge in [0.05, 0.1) is 17.7 Å². The molecule has 216 valence electrons. The summed E-state index contributed by atoms with van der Waals surface area (Å²) < 4.78 is 50.7. The zero-order valence-electron chi connectivity index (χ0n) is 22.4. The molecule has 3 N–H and O–H groups in total. The number of carbonyl (C=O) groups excluding carboxylic acids is 1. The Labute approximate surface area is 226 Å². The van der Waals surface area contributed by atoms with Crippen molar-refractivity contribution in [1.29, 1.82) is 0 Å². The number of carbonyl (C=O) groups is 1. The average Bonchev–Trinajstić information content (AvgIpc) is 3.64. The number of rotatable bonds is 13. The molecule has 11 heteroatoms. The molecule has 3 atom stereocenters. The van der Waals surface area contributed by atoms with E-state index in [-0.39, 0.29) is 24.3 Å². The minimum Gasteiger partial charge on any atom is -0.492 e. The van der Waals surface area contributed by atoms with Crippen molar-refractivity contribution in [2.24, 2.45) is 5.92 Å². The van der Waals surface area contributed by atoms with Crippen LogP contribution in [0.4, 0.5) is 18.0 Å². The third-order valence-corrected chi connectivity index (χ3v) is 7.43. The summed E-state index contributed by atoms with van der Waals surface area (Å²) in [5.74, 6) is 0.984. The summed E-state index contributed by atoms with van der Waals surface area (Å²) in [6.45, 7) is 4.01. The number of H-pyrrole nitrogens is 1. The number of unbranched alkanes of at least 4 members (excludes halogenated alkanes) is 2. The number of amides is 1. The van der Waals surface area contributed by atoms with Crippen molar-refractivity contribution in [3.05, 3.63) is 40.2 Å². The summed E-state index contributed by atoms with van der Waals surface area (Å²) in [4.78, 5) is 29.2. The molecule has 2 aliphatic rings. The number of alkyl carbamates (subject to hydrolysis) is 1. The highest BCUT2D eigenvalue weighted by Crippen LogP contribution is 2.38. The predicted octanol–water partition coefficient (Wildman–Crippen LogP) is 4.37. The lowest BCUT2D eigenvalue weighted by Gasteiger charge is -2.34. The van der Waals surface area contributed by atoms with Gasteiger partial charge in [0.25, 0.3) is 5.56 Å². The average molecular weight is 553 g/mol. The van der Waals surface area contributed by atoms with Crippen molar-refractivity contribution < 1.29 is 27.4 Å². The number of hydrogen-bond donors (Lipinski definition) is 3.